The Labute approximate surface area is 112 Å². The van der Waals surface area contributed by atoms with Gasteiger partial charge in [-0.2, -0.15) is 0 Å². The Morgan fingerprint density at radius 2 is 2.31 bits per heavy atom. The molecule has 0 aromatic carbocycles. The first-order chi connectivity index (χ1) is 7.61. The highest BCUT2D eigenvalue weighted by molar-refractivity contribution is 9.13. The molecular formula is C9H6Br2N2O2S. The van der Waals surface area contributed by atoms with Gasteiger partial charge in [-0.05, 0) is 37.9 Å². The summed E-state index contributed by atoms with van der Waals surface area (Å²) in [4.78, 5) is 19.2. The third-order valence-corrected chi connectivity index (χ3v) is 5.12. The number of methoxy groups -OCH3 is 1. The minimum absolute atomic E-state index is 0.346. The Morgan fingerprint density at radius 1 is 1.56 bits per heavy atom. The maximum Gasteiger partial charge on any atom is 0.356 e. The van der Waals surface area contributed by atoms with E-state index >= 15 is 0 Å². The monoisotopic (exact) mass is 364 g/mol. The van der Waals surface area contributed by atoms with E-state index in [2.05, 4.69) is 46.6 Å². The van der Waals surface area contributed by atoms with E-state index in [1.165, 1.54) is 24.6 Å². The fraction of sp³-hybridized carbons (Fsp3) is 0.111. The van der Waals surface area contributed by atoms with E-state index in [0.29, 0.717) is 11.5 Å². The first-order valence-electron chi connectivity index (χ1n) is 4.20. The number of aromatic amines is 1. The number of carbonyl (C=O) groups excluding carboxylic acids is 1. The van der Waals surface area contributed by atoms with Gasteiger partial charge in [0.1, 0.15) is 11.5 Å². The summed E-state index contributed by atoms with van der Waals surface area (Å²) < 4.78 is 6.54. The zero-order valence-electron chi connectivity index (χ0n) is 8.08. The number of hydrogen-bond acceptors (Lipinski definition) is 4. The number of nitrogens with one attached hydrogen (secondary N) is 1. The highest BCUT2D eigenvalue weighted by Crippen LogP contribution is 2.36. The van der Waals surface area contributed by atoms with Crippen LogP contribution in [0.1, 0.15) is 10.5 Å². The Hall–Kier alpha value is -0.660. The second-order valence-electron chi connectivity index (χ2n) is 2.87. The van der Waals surface area contributed by atoms with Gasteiger partial charge in [0.25, 0.3) is 0 Å². The zero-order chi connectivity index (χ0) is 11.7. The van der Waals surface area contributed by atoms with Crippen molar-refractivity contribution in [2.45, 2.75) is 0 Å². The number of aromatic nitrogens is 2. The fourth-order valence-electron chi connectivity index (χ4n) is 1.12. The Bertz CT molecular complexity index is 516. The number of imidazole rings is 1. The normalized spacial score (nSPS) is 10.4. The van der Waals surface area contributed by atoms with Crippen LogP contribution in [-0.2, 0) is 4.74 Å². The molecule has 0 aliphatic heterocycles. The average Bonchev–Trinajstić information content (AvgIpc) is 2.86. The van der Waals surface area contributed by atoms with Crippen LogP contribution in [0.2, 0.25) is 0 Å². The molecule has 0 fully saturated rings. The van der Waals surface area contributed by atoms with Crippen molar-refractivity contribution in [3.63, 3.8) is 0 Å². The molecule has 0 saturated heterocycles. The van der Waals surface area contributed by atoms with Gasteiger partial charge in [-0.25, -0.2) is 9.78 Å². The molecule has 0 atom stereocenters. The molecule has 0 spiro atoms. The molecule has 0 aliphatic rings. The lowest BCUT2D eigenvalue weighted by Crippen LogP contribution is -2.00. The summed E-state index contributed by atoms with van der Waals surface area (Å²) in [6.07, 6.45) is 1.46. The van der Waals surface area contributed by atoms with Gasteiger partial charge in [-0.15, -0.1) is 11.3 Å². The lowest BCUT2D eigenvalue weighted by Gasteiger charge is -1.92. The molecule has 7 heteroatoms. The number of halogens is 2. The Balaban J connectivity index is 2.35. The van der Waals surface area contributed by atoms with Gasteiger partial charge < -0.3 is 9.72 Å². The van der Waals surface area contributed by atoms with Crippen molar-refractivity contribution in [3.8, 4) is 10.7 Å². The maximum absolute atomic E-state index is 11.2. The van der Waals surface area contributed by atoms with Crippen molar-refractivity contribution in [1.29, 1.82) is 0 Å². The number of hydrogen-bond donors (Lipinski definition) is 1. The minimum atomic E-state index is -0.423. The maximum atomic E-state index is 11.2. The summed E-state index contributed by atoms with van der Waals surface area (Å²) in [7, 11) is 1.33. The molecule has 0 radical (unpaired) electrons. The summed E-state index contributed by atoms with van der Waals surface area (Å²) in [6.45, 7) is 0. The van der Waals surface area contributed by atoms with Crippen LogP contribution in [0.3, 0.4) is 0 Å². The van der Waals surface area contributed by atoms with Crippen molar-refractivity contribution in [2.75, 3.05) is 7.11 Å². The van der Waals surface area contributed by atoms with Crippen LogP contribution in [0.25, 0.3) is 10.7 Å². The Kier molecular flexibility index (Phi) is 3.46. The summed E-state index contributed by atoms with van der Waals surface area (Å²) in [5, 5.41) is 0. The standard InChI is InChI=1S/C9H6Br2N2O2S/c1-15-9(14)5-3-12-8(13-5)6-2-4(10)7(11)16-6/h2-3H,1H3,(H,12,13). The van der Waals surface area contributed by atoms with Crippen LogP contribution >= 0.6 is 43.2 Å². The molecule has 16 heavy (non-hydrogen) atoms. The van der Waals surface area contributed by atoms with E-state index in [1.54, 1.807) is 0 Å². The van der Waals surface area contributed by atoms with Gasteiger partial charge >= 0.3 is 5.97 Å². The first kappa shape index (κ1) is 11.8. The van der Waals surface area contributed by atoms with Crippen LogP contribution in [0.5, 0.6) is 0 Å². The lowest BCUT2D eigenvalue weighted by molar-refractivity contribution is 0.0595. The second-order valence-corrected chi connectivity index (χ2v) is 6.09. The van der Waals surface area contributed by atoms with E-state index in [-0.39, 0.29) is 0 Å². The second kappa shape index (κ2) is 4.68. The van der Waals surface area contributed by atoms with Gasteiger partial charge in [0.2, 0.25) is 0 Å². The zero-order valence-corrected chi connectivity index (χ0v) is 12.1. The van der Waals surface area contributed by atoms with Gasteiger partial charge in [-0.1, -0.05) is 0 Å². The molecule has 0 amide bonds. The van der Waals surface area contributed by atoms with Crippen molar-refractivity contribution in [2.24, 2.45) is 0 Å². The van der Waals surface area contributed by atoms with E-state index < -0.39 is 5.97 Å². The van der Waals surface area contributed by atoms with Crippen molar-refractivity contribution in [3.05, 3.63) is 26.2 Å². The van der Waals surface area contributed by atoms with Crippen LogP contribution in [-0.4, -0.2) is 23.0 Å². The van der Waals surface area contributed by atoms with Gasteiger partial charge in [-0.3, -0.25) is 0 Å². The van der Waals surface area contributed by atoms with Crippen LogP contribution in [0, 0.1) is 0 Å². The molecule has 2 aromatic heterocycles. The number of rotatable bonds is 2. The van der Waals surface area contributed by atoms with Crippen molar-refractivity contribution >= 4 is 49.2 Å². The molecule has 1 N–H and O–H groups in total. The number of esters is 1. The van der Waals surface area contributed by atoms with Gasteiger partial charge in [0, 0.05) is 4.47 Å². The van der Waals surface area contributed by atoms with Gasteiger partial charge in [0.05, 0.1) is 22.0 Å². The quantitative estimate of drug-likeness (QED) is 0.829. The number of thiophene rings is 1. The number of carbonyl (C=O) groups is 1. The molecule has 2 rings (SSSR count). The molecule has 0 bridgehead atoms. The summed E-state index contributed by atoms with van der Waals surface area (Å²) >= 11 is 8.32. The Morgan fingerprint density at radius 3 is 2.88 bits per heavy atom. The van der Waals surface area contributed by atoms with Crippen molar-refractivity contribution in [1.82, 2.24) is 9.97 Å². The molecule has 0 unspecified atom stereocenters. The van der Waals surface area contributed by atoms with Gasteiger partial charge in [0.15, 0.2) is 0 Å². The first-order valence-corrected chi connectivity index (χ1v) is 6.60. The topological polar surface area (TPSA) is 55.0 Å². The number of H-pyrrole nitrogens is 1. The van der Waals surface area contributed by atoms with E-state index in [9.17, 15) is 4.79 Å². The molecule has 0 saturated carbocycles. The molecule has 4 nitrogen and oxygen atoms in total. The molecule has 0 aliphatic carbocycles. The summed E-state index contributed by atoms with van der Waals surface area (Å²) in [6, 6.07) is 1.93. The van der Waals surface area contributed by atoms with Crippen LogP contribution < -0.4 is 0 Å². The van der Waals surface area contributed by atoms with E-state index in [0.717, 1.165) is 13.1 Å². The summed E-state index contributed by atoms with van der Waals surface area (Å²) in [5.41, 5.74) is 0.346. The van der Waals surface area contributed by atoms with Crippen LogP contribution in [0.4, 0.5) is 0 Å². The highest BCUT2D eigenvalue weighted by atomic mass is 79.9. The number of ether oxygens (including phenoxy) is 1. The third-order valence-electron chi connectivity index (χ3n) is 1.86. The van der Waals surface area contributed by atoms with Crippen molar-refractivity contribution < 1.29 is 9.53 Å². The average molecular weight is 366 g/mol. The minimum Gasteiger partial charge on any atom is -0.464 e. The smallest absolute Gasteiger partial charge is 0.356 e. The third kappa shape index (κ3) is 2.21. The lowest BCUT2D eigenvalue weighted by atomic mass is 10.4. The van der Waals surface area contributed by atoms with Crippen LogP contribution in [0.15, 0.2) is 20.5 Å². The molecular weight excluding hydrogens is 360 g/mol. The molecule has 2 aromatic rings. The molecule has 84 valence electrons. The predicted octanol–water partition coefficient (Wildman–Crippen LogP) is 3.45. The predicted molar refractivity (Wildman–Crippen MR) is 68.6 cm³/mol. The highest BCUT2D eigenvalue weighted by Gasteiger charge is 2.13. The largest absolute Gasteiger partial charge is 0.464 e. The summed E-state index contributed by atoms with van der Waals surface area (Å²) in [5.74, 6) is 0.227. The SMILES string of the molecule is COC(=O)c1cnc(-c2cc(Br)c(Br)s2)[nH]1. The fourth-order valence-corrected chi connectivity index (χ4v) is 3.11. The number of nitrogens with zero attached hydrogens (tertiary/aromatic N) is 1. The molecule has 2 heterocycles. The van der Waals surface area contributed by atoms with E-state index in [4.69, 9.17) is 0 Å². The van der Waals surface area contributed by atoms with E-state index in [1.807, 2.05) is 6.07 Å².